The molecule has 1 aromatic rings. The molecule has 1 aromatic heterocycles. The second-order valence-electron chi connectivity index (χ2n) is 3.48. The fraction of sp³-hybridized carbons (Fsp3) is 0.444. The Balaban J connectivity index is 0.00000128. The Morgan fingerprint density at radius 3 is 2.56 bits per heavy atom. The van der Waals surface area contributed by atoms with E-state index in [4.69, 9.17) is 0 Å². The van der Waals surface area contributed by atoms with Crippen molar-refractivity contribution in [1.82, 2.24) is 9.88 Å². The van der Waals surface area contributed by atoms with Crippen LogP contribution in [-0.4, -0.2) is 4.57 Å². The van der Waals surface area contributed by atoms with Crippen molar-refractivity contribution in [2.24, 2.45) is 7.05 Å². The molecule has 1 aliphatic heterocycles. The zero-order valence-electron chi connectivity index (χ0n) is 8.39. The van der Waals surface area contributed by atoms with E-state index in [1.807, 2.05) is 0 Å². The normalized spacial score (nSPS) is 14.5. The summed E-state index contributed by atoms with van der Waals surface area (Å²) in [6.07, 6.45) is -4.45. The SMILES string of the molecule is Cl.Cn1c2c(c(C(F)(F)F)cc1=O)CNC2. The maximum atomic E-state index is 12.6. The Labute approximate surface area is 95.7 Å². The van der Waals surface area contributed by atoms with Crippen molar-refractivity contribution in [3.05, 3.63) is 33.2 Å². The van der Waals surface area contributed by atoms with Crippen molar-refractivity contribution >= 4 is 12.4 Å². The average molecular weight is 255 g/mol. The Bertz CT molecular complexity index is 467. The lowest BCUT2D eigenvalue weighted by atomic mass is 10.1. The Morgan fingerprint density at radius 2 is 2.00 bits per heavy atom. The molecule has 0 atom stereocenters. The van der Waals surface area contributed by atoms with Crippen LogP contribution < -0.4 is 10.9 Å². The highest BCUT2D eigenvalue weighted by atomic mass is 35.5. The van der Waals surface area contributed by atoms with Crippen molar-refractivity contribution in [3.8, 4) is 0 Å². The molecule has 0 aromatic carbocycles. The molecule has 0 amide bonds. The fourth-order valence-electron chi connectivity index (χ4n) is 1.78. The summed E-state index contributed by atoms with van der Waals surface area (Å²) < 4.78 is 39.0. The van der Waals surface area contributed by atoms with Crippen LogP contribution in [0.15, 0.2) is 10.9 Å². The third-order valence-electron chi connectivity index (χ3n) is 2.58. The number of nitrogens with one attached hydrogen (secondary N) is 1. The van der Waals surface area contributed by atoms with E-state index in [0.29, 0.717) is 18.3 Å². The Morgan fingerprint density at radius 1 is 1.38 bits per heavy atom. The number of pyridine rings is 1. The van der Waals surface area contributed by atoms with Crippen molar-refractivity contribution in [3.63, 3.8) is 0 Å². The average Bonchev–Trinajstić information content (AvgIpc) is 2.57. The molecule has 7 heteroatoms. The maximum absolute atomic E-state index is 12.6. The molecule has 0 unspecified atom stereocenters. The van der Waals surface area contributed by atoms with Crippen molar-refractivity contribution in [2.45, 2.75) is 19.3 Å². The Kier molecular flexibility index (Phi) is 3.35. The van der Waals surface area contributed by atoms with Crippen LogP contribution in [0.3, 0.4) is 0 Å². The summed E-state index contributed by atoms with van der Waals surface area (Å²) in [7, 11) is 1.48. The molecule has 2 rings (SSSR count). The van der Waals surface area contributed by atoms with Crippen LogP contribution in [0.1, 0.15) is 16.8 Å². The van der Waals surface area contributed by atoms with Gasteiger partial charge in [-0.25, -0.2) is 0 Å². The van der Waals surface area contributed by atoms with Gasteiger partial charge < -0.3 is 9.88 Å². The van der Waals surface area contributed by atoms with E-state index >= 15 is 0 Å². The molecule has 2 heterocycles. The van der Waals surface area contributed by atoms with Crippen LogP contribution in [0.5, 0.6) is 0 Å². The predicted octanol–water partition coefficient (Wildman–Crippen LogP) is 1.43. The van der Waals surface area contributed by atoms with Crippen LogP contribution in [0, 0.1) is 0 Å². The highest BCUT2D eigenvalue weighted by molar-refractivity contribution is 5.85. The molecule has 0 fully saturated rings. The Hall–Kier alpha value is -1.01. The molecule has 0 radical (unpaired) electrons. The molecule has 1 N–H and O–H groups in total. The summed E-state index contributed by atoms with van der Waals surface area (Å²) in [4.78, 5) is 11.3. The zero-order chi connectivity index (χ0) is 11.2. The molecule has 0 spiro atoms. The van der Waals surface area contributed by atoms with E-state index in [-0.39, 0.29) is 24.5 Å². The summed E-state index contributed by atoms with van der Waals surface area (Å²) in [5.41, 5.74) is -0.824. The van der Waals surface area contributed by atoms with Crippen LogP contribution in [0.4, 0.5) is 13.2 Å². The van der Waals surface area contributed by atoms with Gasteiger partial charge >= 0.3 is 6.18 Å². The van der Waals surface area contributed by atoms with Gasteiger partial charge in [0.15, 0.2) is 0 Å². The van der Waals surface area contributed by atoms with Crippen molar-refractivity contribution in [2.75, 3.05) is 0 Å². The summed E-state index contributed by atoms with van der Waals surface area (Å²) in [6.45, 7) is 0.475. The maximum Gasteiger partial charge on any atom is 0.416 e. The molecule has 0 saturated carbocycles. The summed E-state index contributed by atoms with van der Waals surface area (Å²) in [5, 5.41) is 2.81. The minimum atomic E-state index is -4.45. The minimum Gasteiger partial charge on any atom is -0.314 e. The summed E-state index contributed by atoms with van der Waals surface area (Å²) >= 11 is 0. The van der Waals surface area contributed by atoms with Gasteiger partial charge in [0.2, 0.25) is 0 Å². The quantitative estimate of drug-likeness (QED) is 0.760. The number of alkyl halides is 3. The molecular formula is C9H10ClF3N2O. The molecular weight excluding hydrogens is 245 g/mol. The van der Waals surface area contributed by atoms with Gasteiger partial charge in [0, 0.05) is 31.9 Å². The first-order valence-corrected chi connectivity index (χ1v) is 4.41. The van der Waals surface area contributed by atoms with E-state index in [1.165, 1.54) is 11.6 Å². The monoisotopic (exact) mass is 254 g/mol. The largest absolute Gasteiger partial charge is 0.416 e. The van der Waals surface area contributed by atoms with Gasteiger partial charge in [-0.15, -0.1) is 12.4 Å². The van der Waals surface area contributed by atoms with Gasteiger partial charge in [0.1, 0.15) is 0 Å². The van der Waals surface area contributed by atoms with Crippen molar-refractivity contribution < 1.29 is 13.2 Å². The van der Waals surface area contributed by atoms with Crippen LogP contribution in [0.25, 0.3) is 0 Å². The fourth-order valence-corrected chi connectivity index (χ4v) is 1.78. The third-order valence-corrected chi connectivity index (χ3v) is 2.58. The van der Waals surface area contributed by atoms with E-state index in [2.05, 4.69) is 5.32 Å². The van der Waals surface area contributed by atoms with E-state index in [9.17, 15) is 18.0 Å². The second kappa shape index (κ2) is 4.10. The molecule has 0 bridgehead atoms. The predicted molar refractivity (Wildman–Crippen MR) is 54.5 cm³/mol. The smallest absolute Gasteiger partial charge is 0.314 e. The van der Waals surface area contributed by atoms with Gasteiger partial charge in [-0.05, 0) is 5.56 Å². The number of rotatable bonds is 0. The summed E-state index contributed by atoms with van der Waals surface area (Å²) in [6, 6.07) is 0.659. The number of aromatic nitrogens is 1. The highest BCUT2D eigenvalue weighted by Crippen LogP contribution is 2.33. The molecule has 3 nitrogen and oxygen atoms in total. The van der Waals surface area contributed by atoms with Gasteiger partial charge in [0.25, 0.3) is 5.56 Å². The third kappa shape index (κ3) is 1.94. The van der Waals surface area contributed by atoms with Crippen LogP contribution in [-0.2, 0) is 26.3 Å². The zero-order valence-corrected chi connectivity index (χ0v) is 9.21. The van der Waals surface area contributed by atoms with Gasteiger partial charge in [0.05, 0.1) is 5.56 Å². The number of nitrogens with zero attached hydrogens (tertiary/aromatic N) is 1. The number of fused-ring (bicyclic) bond motifs is 1. The van der Waals surface area contributed by atoms with Gasteiger partial charge in [-0.2, -0.15) is 13.2 Å². The molecule has 0 saturated heterocycles. The topological polar surface area (TPSA) is 34.0 Å². The molecule has 90 valence electrons. The second-order valence-corrected chi connectivity index (χ2v) is 3.48. The van der Waals surface area contributed by atoms with Gasteiger partial charge in [-0.1, -0.05) is 0 Å². The first kappa shape index (κ1) is 13.1. The summed E-state index contributed by atoms with van der Waals surface area (Å²) in [5.74, 6) is 0. The van der Waals surface area contributed by atoms with Gasteiger partial charge in [-0.3, -0.25) is 4.79 Å². The van der Waals surface area contributed by atoms with E-state index in [0.717, 1.165) is 0 Å². The number of hydrogen-bond donors (Lipinski definition) is 1. The number of hydrogen-bond acceptors (Lipinski definition) is 2. The highest BCUT2D eigenvalue weighted by Gasteiger charge is 2.36. The standard InChI is InChI=1S/C9H9F3N2O.ClH/c1-14-7-4-13-3-5(7)6(2-8(14)15)9(10,11)12;/h2,13H,3-4H2,1H3;1H. The minimum absolute atomic E-state index is 0. The van der Waals surface area contributed by atoms with E-state index < -0.39 is 17.3 Å². The lowest BCUT2D eigenvalue weighted by molar-refractivity contribution is -0.138. The lowest BCUT2D eigenvalue weighted by Crippen LogP contribution is -2.24. The molecule has 1 aliphatic rings. The van der Waals surface area contributed by atoms with Crippen LogP contribution >= 0.6 is 12.4 Å². The first-order valence-electron chi connectivity index (χ1n) is 4.41. The first-order chi connectivity index (χ1) is 6.91. The lowest BCUT2D eigenvalue weighted by Gasteiger charge is -2.13. The molecule has 0 aliphatic carbocycles. The number of halogens is 4. The van der Waals surface area contributed by atoms with Crippen LogP contribution in [0.2, 0.25) is 0 Å². The van der Waals surface area contributed by atoms with Crippen molar-refractivity contribution in [1.29, 1.82) is 0 Å². The molecule has 16 heavy (non-hydrogen) atoms. The van der Waals surface area contributed by atoms with E-state index in [1.54, 1.807) is 0 Å².